The van der Waals surface area contributed by atoms with Gasteiger partial charge in [0, 0.05) is 16.9 Å². The van der Waals surface area contributed by atoms with Gasteiger partial charge in [0.1, 0.15) is 5.75 Å². The zero-order chi connectivity index (χ0) is 22.2. The van der Waals surface area contributed by atoms with Crippen LogP contribution in [0.25, 0.3) is 11.3 Å². The van der Waals surface area contributed by atoms with Crippen molar-refractivity contribution in [1.29, 1.82) is 0 Å². The summed E-state index contributed by atoms with van der Waals surface area (Å²) >= 11 is 1.49. The molecule has 0 saturated carbocycles. The third-order valence-electron chi connectivity index (χ3n) is 4.82. The summed E-state index contributed by atoms with van der Waals surface area (Å²) in [5.74, 6) is 1.46. The van der Waals surface area contributed by atoms with E-state index in [1.165, 1.54) is 11.8 Å². The van der Waals surface area contributed by atoms with Crippen LogP contribution in [0.1, 0.15) is 11.3 Å². The number of carbonyl (C=O) groups excluding carboxylic acids is 1. The monoisotopic (exact) mass is 441 g/mol. The molecule has 0 aliphatic heterocycles. The number of nitrogens with zero attached hydrogens (tertiary/aromatic N) is 2. The van der Waals surface area contributed by atoms with Crippen LogP contribution in [0.15, 0.2) is 96.0 Å². The molecule has 0 saturated heterocycles. The number of methoxy groups -OCH3 is 1. The van der Waals surface area contributed by atoms with Crippen molar-refractivity contribution in [2.24, 2.45) is 0 Å². The van der Waals surface area contributed by atoms with Crippen LogP contribution in [0.3, 0.4) is 0 Å². The molecule has 0 bridgehead atoms. The van der Waals surface area contributed by atoms with Crippen LogP contribution in [-0.4, -0.2) is 28.7 Å². The van der Waals surface area contributed by atoms with Crippen molar-refractivity contribution < 1.29 is 9.53 Å². The predicted octanol–water partition coefficient (Wildman–Crippen LogP) is 5.47. The van der Waals surface area contributed by atoms with E-state index in [2.05, 4.69) is 10.3 Å². The fraction of sp³-hybridized carbons (Fsp3) is 0.115. The lowest BCUT2D eigenvalue weighted by Crippen LogP contribution is -2.17. The zero-order valence-electron chi connectivity index (χ0n) is 17.7. The van der Waals surface area contributed by atoms with Crippen molar-refractivity contribution in [1.82, 2.24) is 9.97 Å². The molecule has 0 aliphatic carbocycles. The van der Waals surface area contributed by atoms with Gasteiger partial charge in [0.15, 0.2) is 5.82 Å². The lowest BCUT2D eigenvalue weighted by molar-refractivity contribution is -0.113. The van der Waals surface area contributed by atoms with E-state index in [1.54, 1.807) is 13.3 Å². The molecular weight excluding hydrogens is 418 g/mol. The van der Waals surface area contributed by atoms with Crippen molar-refractivity contribution in [3.8, 4) is 17.0 Å². The quantitative estimate of drug-likeness (QED) is 0.367. The van der Waals surface area contributed by atoms with Crippen LogP contribution in [0.4, 0.5) is 5.82 Å². The minimum Gasteiger partial charge on any atom is -0.497 e. The highest BCUT2D eigenvalue weighted by Gasteiger charge is 2.13. The molecule has 1 N–H and O–H groups in total. The second-order valence-corrected chi connectivity index (χ2v) is 8.14. The second kappa shape index (κ2) is 10.6. The number of hydrogen-bond acceptors (Lipinski definition) is 5. The van der Waals surface area contributed by atoms with Crippen molar-refractivity contribution in [2.75, 3.05) is 18.2 Å². The summed E-state index contributed by atoms with van der Waals surface area (Å²) in [4.78, 5) is 23.0. The van der Waals surface area contributed by atoms with Gasteiger partial charge in [0.2, 0.25) is 5.91 Å². The van der Waals surface area contributed by atoms with E-state index in [4.69, 9.17) is 9.72 Å². The van der Waals surface area contributed by atoms with E-state index in [9.17, 15) is 4.79 Å². The Morgan fingerprint density at radius 2 is 1.62 bits per heavy atom. The van der Waals surface area contributed by atoms with Gasteiger partial charge in [-0.1, -0.05) is 48.5 Å². The minimum atomic E-state index is -0.111. The first-order valence-electron chi connectivity index (χ1n) is 10.2. The van der Waals surface area contributed by atoms with E-state index < -0.39 is 0 Å². The van der Waals surface area contributed by atoms with Crippen LogP contribution in [0, 0.1) is 0 Å². The van der Waals surface area contributed by atoms with Crippen molar-refractivity contribution in [2.45, 2.75) is 11.3 Å². The number of amides is 1. The first-order chi connectivity index (χ1) is 15.7. The smallest absolute Gasteiger partial charge is 0.235 e. The summed E-state index contributed by atoms with van der Waals surface area (Å²) in [6.07, 6.45) is 2.26. The Morgan fingerprint density at radius 1 is 0.938 bits per heavy atom. The summed E-state index contributed by atoms with van der Waals surface area (Å²) in [6.45, 7) is 0. The third kappa shape index (κ3) is 5.74. The van der Waals surface area contributed by atoms with Crippen LogP contribution < -0.4 is 10.1 Å². The summed E-state index contributed by atoms with van der Waals surface area (Å²) in [7, 11) is 1.64. The Kier molecular flexibility index (Phi) is 7.15. The molecule has 1 heterocycles. The van der Waals surface area contributed by atoms with Crippen LogP contribution in [-0.2, 0) is 11.2 Å². The van der Waals surface area contributed by atoms with E-state index in [-0.39, 0.29) is 5.91 Å². The number of benzene rings is 3. The fourth-order valence-corrected chi connectivity index (χ4v) is 3.90. The van der Waals surface area contributed by atoms with Gasteiger partial charge in [-0.15, -0.1) is 11.8 Å². The average molecular weight is 442 g/mol. The fourth-order valence-electron chi connectivity index (χ4n) is 3.18. The summed E-state index contributed by atoms with van der Waals surface area (Å²) in [5, 5.41) is 2.94. The molecule has 3 aromatic carbocycles. The molecule has 0 radical (unpaired) electrons. The molecule has 0 atom stereocenters. The van der Waals surface area contributed by atoms with Gasteiger partial charge in [-0.25, -0.2) is 9.97 Å². The van der Waals surface area contributed by atoms with Crippen molar-refractivity contribution in [3.05, 3.63) is 102 Å². The number of aromatic nitrogens is 2. The normalized spacial score (nSPS) is 10.5. The van der Waals surface area contributed by atoms with E-state index >= 15 is 0 Å². The number of nitrogens with one attached hydrogen (secondary N) is 1. The van der Waals surface area contributed by atoms with Crippen molar-refractivity contribution >= 4 is 23.5 Å². The van der Waals surface area contributed by atoms with Gasteiger partial charge in [-0.2, -0.15) is 0 Å². The molecule has 0 unspecified atom stereocenters. The molecule has 1 aromatic heterocycles. The van der Waals surface area contributed by atoms with Crippen LogP contribution >= 0.6 is 11.8 Å². The van der Waals surface area contributed by atoms with Crippen molar-refractivity contribution in [3.63, 3.8) is 0 Å². The molecule has 32 heavy (non-hydrogen) atoms. The lowest BCUT2D eigenvalue weighted by Gasteiger charge is -2.12. The topological polar surface area (TPSA) is 64.1 Å². The predicted molar refractivity (Wildman–Crippen MR) is 129 cm³/mol. The zero-order valence-corrected chi connectivity index (χ0v) is 18.5. The Bertz CT molecular complexity index is 1170. The van der Waals surface area contributed by atoms with Gasteiger partial charge in [0.25, 0.3) is 0 Å². The molecule has 0 aliphatic rings. The first-order valence-corrected chi connectivity index (χ1v) is 11.2. The molecule has 1 amide bonds. The molecule has 5 nitrogen and oxygen atoms in total. The van der Waals surface area contributed by atoms with Gasteiger partial charge >= 0.3 is 0 Å². The maximum atomic E-state index is 12.6. The second-order valence-electron chi connectivity index (χ2n) is 7.09. The molecule has 4 aromatic rings. The van der Waals surface area contributed by atoms with E-state index in [1.807, 2.05) is 84.9 Å². The first kappa shape index (κ1) is 21.6. The van der Waals surface area contributed by atoms with E-state index in [0.29, 0.717) is 18.0 Å². The maximum Gasteiger partial charge on any atom is 0.235 e. The van der Waals surface area contributed by atoms with Crippen LogP contribution in [0.5, 0.6) is 5.75 Å². The lowest BCUT2D eigenvalue weighted by atomic mass is 10.1. The maximum absolute atomic E-state index is 12.6. The number of ether oxygens (including phenoxy) is 1. The Balaban J connectivity index is 1.56. The summed E-state index contributed by atoms with van der Waals surface area (Å²) < 4.78 is 5.24. The van der Waals surface area contributed by atoms with Gasteiger partial charge in [-0.05, 0) is 42.0 Å². The van der Waals surface area contributed by atoms with E-state index in [0.717, 1.165) is 33.2 Å². The Labute approximate surface area is 191 Å². The molecular formula is C26H23N3O2S. The average Bonchev–Trinajstić information content (AvgIpc) is 2.85. The summed E-state index contributed by atoms with van der Waals surface area (Å²) in [5.41, 5.74) is 3.51. The number of rotatable bonds is 8. The standard InChI is InChI=1S/C26H23N3O2S/c1-31-21-14-12-20(13-15-21)24-17-27-26(23(28-24)16-19-8-4-2-5-9-19)29-25(30)18-32-22-10-6-3-7-11-22/h2-15,17H,16,18H2,1H3,(H,27,29,30). The van der Waals surface area contributed by atoms with Gasteiger partial charge in [0.05, 0.1) is 30.4 Å². The highest BCUT2D eigenvalue weighted by atomic mass is 32.2. The number of hydrogen-bond donors (Lipinski definition) is 1. The summed E-state index contributed by atoms with van der Waals surface area (Å²) in [6, 6.07) is 27.6. The molecule has 6 heteroatoms. The van der Waals surface area contributed by atoms with Crippen LogP contribution in [0.2, 0.25) is 0 Å². The third-order valence-corrected chi connectivity index (χ3v) is 5.83. The minimum absolute atomic E-state index is 0.111. The SMILES string of the molecule is COc1ccc(-c2cnc(NC(=O)CSc3ccccc3)c(Cc3ccccc3)n2)cc1. The molecule has 160 valence electrons. The number of anilines is 1. The highest BCUT2D eigenvalue weighted by molar-refractivity contribution is 8.00. The number of thioether (sulfide) groups is 1. The molecule has 0 spiro atoms. The largest absolute Gasteiger partial charge is 0.497 e. The molecule has 0 fully saturated rings. The Hall–Kier alpha value is -3.64. The van der Waals surface area contributed by atoms with Gasteiger partial charge < -0.3 is 10.1 Å². The highest BCUT2D eigenvalue weighted by Crippen LogP contribution is 2.24. The number of carbonyl (C=O) groups is 1. The van der Waals surface area contributed by atoms with Gasteiger partial charge in [-0.3, -0.25) is 4.79 Å². The Morgan fingerprint density at radius 3 is 2.31 bits per heavy atom. The molecule has 4 rings (SSSR count).